The third-order valence-electron chi connectivity index (χ3n) is 5.20. The van der Waals surface area contributed by atoms with E-state index in [1.807, 2.05) is 0 Å². The number of carbonyl (C=O) groups is 4. The van der Waals surface area contributed by atoms with E-state index >= 15 is 0 Å². The van der Waals surface area contributed by atoms with E-state index in [9.17, 15) is 24.3 Å². The molecule has 34 heavy (non-hydrogen) atoms. The normalized spacial score (nSPS) is 24.0. The van der Waals surface area contributed by atoms with E-state index in [1.54, 1.807) is 26.8 Å². The summed E-state index contributed by atoms with van der Waals surface area (Å²) in [6.45, 7) is 9.36. The lowest BCUT2D eigenvalue weighted by Gasteiger charge is -2.44. The number of esters is 4. The van der Waals surface area contributed by atoms with E-state index in [0.717, 1.165) is 20.8 Å². The molecule has 11 nitrogen and oxygen atoms in total. The van der Waals surface area contributed by atoms with Gasteiger partial charge in [0.15, 0.2) is 12.2 Å². The van der Waals surface area contributed by atoms with Crippen molar-refractivity contribution in [3.8, 4) is 11.5 Å². The average molecular weight is 482 g/mol. The summed E-state index contributed by atoms with van der Waals surface area (Å²) in [4.78, 5) is 47.0. The highest BCUT2D eigenvalue weighted by atomic mass is 16.7. The summed E-state index contributed by atoms with van der Waals surface area (Å²) in [5.74, 6) is -2.39. The van der Waals surface area contributed by atoms with E-state index in [1.165, 1.54) is 6.92 Å². The summed E-state index contributed by atoms with van der Waals surface area (Å²) in [6, 6.07) is 1.58. The fraction of sp³-hybridized carbons (Fsp3) is 0.565. The Morgan fingerprint density at radius 2 is 1.35 bits per heavy atom. The maximum atomic E-state index is 11.9. The predicted molar refractivity (Wildman–Crippen MR) is 115 cm³/mol. The zero-order valence-corrected chi connectivity index (χ0v) is 20.2. The Bertz CT molecular complexity index is 955. The second-order valence-electron chi connectivity index (χ2n) is 7.98. The van der Waals surface area contributed by atoms with E-state index in [4.69, 9.17) is 28.4 Å². The Kier molecular flexibility index (Phi) is 8.86. The van der Waals surface area contributed by atoms with E-state index in [2.05, 4.69) is 0 Å². The Morgan fingerprint density at radius 1 is 0.824 bits per heavy atom. The molecule has 0 amide bonds. The number of aromatic hydroxyl groups is 1. The van der Waals surface area contributed by atoms with Crippen LogP contribution in [0, 0.1) is 20.8 Å². The number of hydrogen-bond acceptors (Lipinski definition) is 11. The van der Waals surface area contributed by atoms with Crippen molar-refractivity contribution in [2.24, 2.45) is 0 Å². The van der Waals surface area contributed by atoms with Crippen LogP contribution in [0.1, 0.15) is 44.4 Å². The van der Waals surface area contributed by atoms with Gasteiger partial charge >= 0.3 is 23.9 Å². The quantitative estimate of drug-likeness (QED) is 0.448. The average Bonchev–Trinajstić information content (AvgIpc) is 2.72. The maximum Gasteiger partial charge on any atom is 0.303 e. The molecule has 1 saturated heterocycles. The van der Waals surface area contributed by atoms with E-state index in [0.29, 0.717) is 22.4 Å². The van der Waals surface area contributed by atoms with Gasteiger partial charge in [0.1, 0.15) is 24.2 Å². The molecule has 2 rings (SSSR count). The lowest BCUT2D eigenvalue weighted by atomic mass is 9.97. The Balaban J connectivity index is 2.55. The molecule has 0 aliphatic carbocycles. The largest absolute Gasteiger partial charge is 0.507 e. The second-order valence-corrected chi connectivity index (χ2v) is 7.98. The number of hydrogen-bond donors (Lipinski definition) is 1. The van der Waals surface area contributed by atoms with E-state index < -0.39 is 54.6 Å². The molecule has 1 aliphatic heterocycles. The number of rotatable bonds is 7. The summed E-state index contributed by atoms with van der Waals surface area (Å²) in [7, 11) is 0. The molecule has 0 spiro atoms. The van der Waals surface area contributed by atoms with Gasteiger partial charge in [0.05, 0.1) is 0 Å². The van der Waals surface area contributed by atoms with Crippen LogP contribution in [0.15, 0.2) is 6.07 Å². The van der Waals surface area contributed by atoms with E-state index in [-0.39, 0.29) is 12.4 Å². The topological polar surface area (TPSA) is 144 Å². The number of phenolic OH excluding ortho intramolecular Hbond substituents is 1. The van der Waals surface area contributed by atoms with Crippen LogP contribution >= 0.6 is 0 Å². The summed E-state index contributed by atoms with van der Waals surface area (Å²) < 4.78 is 33.1. The molecule has 1 N–H and O–H groups in total. The fourth-order valence-electron chi connectivity index (χ4n) is 3.56. The molecule has 11 heteroatoms. The zero-order chi connectivity index (χ0) is 25.7. The minimum absolute atomic E-state index is 0.103. The second kappa shape index (κ2) is 11.2. The van der Waals surface area contributed by atoms with Gasteiger partial charge in [-0.3, -0.25) is 19.2 Å². The first-order valence-corrected chi connectivity index (χ1v) is 10.6. The van der Waals surface area contributed by atoms with Gasteiger partial charge in [0, 0.05) is 27.7 Å². The van der Waals surface area contributed by atoms with Gasteiger partial charge in [0.25, 0.3) is 0 Å². The van der Waals surface area contributed by atoms with Gasteiger partial charge in [-0.2, -0.15) is 0 Å². The van der Waals surface area contributed by atoms with Crippen molar-refractivity contribution < 1.29 is 52.7 Å². The number of ether oxygens (including phenoxy) is 6. The van der Waals surface area contributed by atoms with Crippen LogP contribution in [0.3, 0.4) is 0 Å². The van der Waals surface area contributed by atoms with Crippen LogP contribution < -0.4 is 4.74 Å². The number of phenols is 1. The number of benzene rings is 1. The first kappa shape index (κ1) is 26.9. The maximum absolute atomic E-state index is 11.9. The standard InChI is InChI=1S/C23H30O11/c1-10-8-17(11(2)12(3)19(10)28)33-23-22(32-16(7)27)21(31-15(6)26)20(30-14(5)25)18(34-23)9-29-13(4)24/h8,18,20-23,28H,9H2,1-7H3/t18-,20-,21+,22-,23+/m1/s1. The van der Waals surface area contributed by atoms with Gasteiger partial charge in [0.2, 0.25) is 12.4 Å². The van der Waals surface area contributed by atoms with Crippen LogP contribution in [0.5, 0.6) is 11.5 Å². The molecule has 0 aromatic heterocycles. The molecule has 5 atom stereocenters. The highest BCUT2D eigenvalue weighted by Crippen LogP contribution is 2.36. The monoisotopic (exact) mass is 482 g/mol. The van der Waals surface area contributed by atoms with Crippen molar-refractivity contribution in [2.75, 3.05) is 6.61 Å². The van der Waals surface area contributed by atoms with Gasteiger partial charge in [-0.25, -0.2) is 0 Å². The molecule has 1 aromatic carbocycles. The minimum Gasteiger partial charge on any atom is -0.507 e. The smallest absolute Gasteiger partial charge is 0.303 e. The molecular weight excluding hydrogens is 452 g/mol. The molecule has 1 aliphatic rings. The lowest BCUT2D eigenvalue weighted by Crippen LogP contribution is -2.63. The molecule has 1 fully saturated rings. The SMILES string of the molecule is CC(=O)OC[C@H]1O[C@H](Oc2cc(C)c(O)c(C)c2C)[C@H](OC(C)=O)[C@@H](OC(C)=O)[C@@H]1OC(C)=O. The molecule has 188 valence electrons. The minimum atomic E-state index is -1.34. The summed E-state index contributed by atoms with van der Waals surface area (Å²) >= 11 is 0. The molecule has 0 saturated carbocycles. The van der Waals surface area contributed by atoms with Gasteiger partial charge in [-0.05, 0) is 43.5 Å². The first-order valence-electron chi connectivity index (χ1n) is 10.6. The molecule has 0 bridgehead atoms. The van der Waals surface area contributed by atoms with Gasteiger partial charge in [-0.15, -0.1) is 0 Å². The van der Waals surface area contributed by atoms with Crippen molar-refractivity contribution in [2.45, 2.75) is 79.2 Å². The highest BCUT2D eigenvalue weighted by Gasteiger charge is 2.53. The van der Waals surface area contributed by atoms with Crippen molar-refractivity contribution in [1.29, 1.82) is 0 Å². The van der Waals surface area contributed by atoms with Gasteiger partial charge < -0.3 is 33.5 Å². The summed E-state index contributed by atoms with van der Waals surface area (Å²) in [5, 5.41) is 10.2. The fourth-order valence-corrected chi connectivity index (χ4v) is 3.56. The van der Waals surface area contributed by atoms with Crippen molar-refractivity contribution in [1.82, 2.24) is 0 Å². The predicted octanol–water partition coefficient (Wildman–Crippen LogP) is 1.78. The molecule has 1 aromatic rings. The third kappa shape index (κ3) is 6.60. The van der Waals surface area contributed by atoms with Crippen molar-refractivity contribution in [3.63, 3.8) is 0 Å². The van der Waals surface area contributed by atoms with Gasteiger partial charge in [-0.1, -0.05) is 0 Å². The first-order chi connectivity index (χ1) is 15.8. The summed E-state index contributed by atoms with van der Waals surface area (Å²) in [5.41, 5.74) is 1.69. The van der Waals surface area contributed by atoms with Crippen LogP contribution in [0.25, 0.3) is 0 Å². The third-order valence-corrected chi connectivity index (χ3v) is 5.20. The molecule has 1 heterocycles. The lowest BCUT2D eigenvalue weighted by molar-refractivity contribution is -0.288. The van der Waals surface area contributed by atoms with Crippen LogP contribution in [-0.4, -0.2) is 66.3 Å². The molecular formula is C23H30O11. The Labute approximate surface area is 197 Å². The van der Waals surface area contributed by atoms with Crippen molar-refractivity contribution >= 4 is 23.9 Å². The Morgan fingerprint density at radius 3 is 1.88 bits per heavy atom. The molecule has 0 radical (unpaired) electrons. The number of aryl methyl sites for hydroxylation is 1. The van der Waals surface area contributed by atoms with Crippen LogP contribution in [0.2, 0.25) is 0 Å². The van der Waals surface area contributed by atoms with Crippen LogP contribution in [0.4, 0.5) is 0 Å². The Hall–Kier alpha value is -3.34. The zero-order valence-electron chi connectivity index (χ0n) is 20.2. The van der Waals surface area contributed by atoms with Crippen LogP contribution in [-0.2, 0) is 42.9 Å². The molecule has 0 unspecified atom stereocenters. The number of carbonyl (C=O) groups excluding carboxylic acids is 4. The highest BCUT2D eigenvalue weighted by molar-refractivity contribution is 5.68. The summed E-state index contributed by atoms with van der Waals surface area (Å²) in [6.07, 6.45) is -6.40. The van der Waals surface area contributed by atoms with Crippen molar-refractivity contribution in [3.05, 3.63) is 22.8 Å².